The Kier molecular flexibility index (Phi) is 8.05. The molecule has 0 saturated heterocycles. The second kappa shape index (κ2) is 11.2. The SMILES string of the molecule is COCCOc1cc(NC(=O)c2cc(C)c(OCc3cccnc3)c(C)c2)ccc1OC. The van der Waals surface area contributed by atoms with Crippen molar-refractivity contribution in [2.45, 2.75) is 20.5 Å². The summed E-state index contributed by atoms with van der Waals surface area (Å²) in [5, 5.41) is 2.92. The van der Waals surface area contributed by atoms with Crippen molar-refractivity contribution < 1.29 is 23.7 Å². The maximum atomic E-state index is 12.9. The van der Waals surface area contributed by atoms with Crippen LogP contribution >= 0.6 is 0 Å². The normalized spacial score (nSPS) is 10.5. The van der Waals surface area contributed by atoms with Gasteiger partial charge in [-0.15, -0.1) is 0 Å². The molecule has 2 aromatic carbocycles. The molecule has 0 aliphatic heterocycles. The molecule has 7 heteroatoms. The third-order valence-electron chi connectivity index (χ3n) is 4.80. The minimum absolute atomic E-state index is 0.219. The predicted molar refractivity (Wildman–Crippen MR) is 123 cm³/mol. The minimum Gasteiger partial charge on any atom is -0.493 e. The molecular formula is C25H28N2O5. The number of benzene rings is 2. The Hall–Kier alpha value is -3.58. The Labute approximate surface area is 188 Å². The van der Waals surface area contributed by atoms with Crippen LogP contribution in [0.1, 0.15) is 27.0 Å². The molecule has 0 atom stereocenters. The molecule has 0 aliphatic carbocycles. The predicted octanol–water partition coefficient (Wildman–Crippen LogP) is 4.56. The number of methoxy groups -OCH3 is 2. The van der Waals surface area contributed by atoms with Gasteiger partial charge in [0.15, 0.2) is 11.5 Å². The van der Waals surface area contributed by atoms with Crippen molar-refractivity contribution in [1.82, 2.24) is 4.98 Å². The first-order valence-corrected chi connectivity index (χ1v) is 10.3. The van der Waals surface area contributed by atoms with Crippen LogP contribution in [0.25, 0.3) is 0 Å². The van der Waals surface area contributed by atoms with E-state index in [1.165, 1.54) is 0 Å². The molecule has 0 unspecified atom stereocenters. The van der Waals surface area contributed by atoms with Gasteiger partial charge in [0.2, 0.25) is 0 Å². The fraction of sp³-hybridized carbons (Fsp3) is 0.280. The van der Waals surface area contributed by atoms with Gasteiger partial charge in [0, 0.05) is 42.4 Å². The molecule has 0 saturated carbocycles. The summed E-state index contributed by atoms with van der Waals surface area (Å²) >= 11 is 0. The molecule has 0 bridgehead atoms. The summed E-state index contributed by atoms with van der Waals surface area (Å²) < 4.78 is 22.0. The van der Waals surface area contributed by atoms with Crippen molar-refractivity contribution in [1.29, 1.82) is 0 Å². The van der Waals surface area contributed by atoms with Gasteiger partial charge < -0.3 is 24.3 Å². The summed E-state index contributed by atoms with van der Waals surface area (Å²) in [5.74, 6) is 1.67. The molecule has 1 amide bonds. The lowest BCUT2D eigenvalue weighted by Gasteiger charge is -2.15. The van der Waals surface area contributed by atoms with Crippen LogP contribution in [-0.4, -0.2) is 38.3 Å². The van der Waals surface area contributed by atoms with Crippen molar-refractivity contribution in [3.05, 3.63) is 77.1 Å². The summed E-state index contributed by atoms with van der Waals surface area (Å²) in [5.41, 5.74) is 3.91. The molecular weight excluding hydrogens is 408 g/mol. The Morgan fingerprint density at radius 2 is 1.75 bits per heavy atom. The van der Waals surface area contributed by atoms with Crippen molar-refractivity contribution in [3.63, 3.8) is 0 Å². The monoisotopic (exact) mass is 436 g/mol. The number of nitrogens with one attached hydrogen (secondary N) is 1. The molecule has 32 heavy (non-hydrogen) atoms. The smallest absolute Gasteiger partial charge is 0.255 e. The van der Waals surface area contributed by atoms with Crippen LogP contribution in [0.4, 0.5) is 5.69 Å². The lowest BCUT2D eigenvalue weighted by atomic mass is 10.0. The molecule has 3 rings (SSSR count). The second-order valence-electron chi connectivity index (χ2n) is 7.25. The zero-order valence-corrected chi connectivity index (χ0v) is 18.8. The van der Waals surface area contributed by atoms with E-state index >= 15 is 0 Å². The fourth-order valence-corrected chi connectivity index (χ4v) is 3.25. The third-order valence-corrected chi connectivity index (χ3v) is 4.80. The summed E-state index contributed by atoms with van der Waals surface area (Å²) in [6.07, 6.45) is 3.50. The molecule has 1 N–H and O–H groups in total. The van der Waals surface area contributed by atoms with E-state index in [0.29, 0.717) is 42.6 Å². The number of pyridine rings is 1. The summed E-state index contributed by atoms with van der Waals surface area (Å²) in [4.78, 5) is 17.0. The summed E-state index contributed by atoms with van der Waals surface area (Å²) in [6.45, 7) is 5.10. The highest BCUT2D eigenvalue weighted by Crippen LogP contribution is 2.31. The molecule has 7 nitrogen and oxygen atoms in total. The average Bonchev–Trinajstić information content (AvgIpc) is 2.79. The summed E-state index contributed by atoms with van der Waals surface area (Å²) in [6, 6.07) is 12.7. The molecule has 0 radical (unpaired) electrons. The van der Waals surface area contributed by atoms with Gasteiger partial charge in [0.25, 0.3) is 5.91 Å². The zero-order chi connectivity index (χ0) is 22.9. The van der Waals surface area contributed by atoms with E-state index in [4.69, 9.17) is 18.9 Å². The number of rotatable bonds is 10. The highest BCUT2D eigenvalue weighted by molar-refractivity contribution is 6.04. The van der Waals surface area contributed by atoms with Gasteiger partial charge in [-0.05, 0) is 55.3 Å². The van der Waals surface area contributed by atoms with E-state index in [9.17, 15) is 4.79 Å². The van der Waals surface area contributed by atoms with Crippen molar-refractivity contribution in [3.8, 4) is 17.2 Å². The maximum Gasteiger partial charge on any atom is 0.255 e. The molecule has 3 aromatic rings. The van der Waals surface area contributed by atoms with Gasteiger partial charge in [-0.2, -0.15) is 0 Å². The van der Waals surface area contributed by atoms with Crippen LogP contribution < -0.4 is 19.5 Å². The van der Waals surface area contributed by atoms with Gasteiger partial charge in [-0.3, -0.25) is 9.78 Å². The first-order valence-electron chi connectivity index (χ1n) is 10.3. The standard InChI is InChI=1S/C25H28N2O5/c1-17-12-20(13-18(2)24(17)32-16-19-6-5-9-26-15-19)25(28)27-21-7-8-22(30-4)23(14-21)31-11-10-29-3/h5-9,12-15H,10-11,16H2,1-4H3,(H,27,28). The molecule has 1 heterocycles. The van der Waals surface area contributed by atoms with E-state index in [0.717, 1.165) is 22.4 Å². The Bertz CT molecular complexity index is 1030. The van der Waals surface area contributed by atoms with Crippen LogP contribution in [0.2, 0.25) is 0 Å². The van der Waals surface area contributed by atoms with Crippen LogP contribution in [0, 0.1) is 13.8 Å². The van der Waals surface area contributed by atoms with E-state index in [-0.39, 0.29) is 5.91 Å². The lowest BCUT2D eigenvalue weighted by molar-refractivity contribution is 0.102. The summed E-state index contributed by atoms with van der Waals surface area (Å²) in [7, 11) is 3.18. The van der Waals surface area contributed by atoms with Crippen molar-refractivity contribution >= 4 is 11.6 Å². The highest BCUT2D eigenvalue weighted by Gasteiger charge is 2.14. The molecule has 0 aliphatic rings. The number of amides is 1. The zero-order valence-electron chi connectivity index (χ0n) is 18.8. The van der Waals surface area contributed by atoms with Gasteiger partial charge in [0.05, 0.1) is 13.7 Å². The number of nitrogens with zero attached hydrogens (tertiary/aromatic N) is 1. The largest absolute Gasteiger partial charge is 0.493 e. The molecule has 0 spiro atoms. The third kappa shape index (κ3) is 5.98. The van der Waals surface area contributed by atoms with Crippen LogP contribution in [0.3, 0.4) is 0 Å². The number of hydrogen-bond donors (Lipinski definition) is 1. The second-order valence-corrected chi connectivity index (χ2v) is 7.25. The van der Waals surface area contributed by atoms with Gasteiger partial charge in [-0.1, -0.05) is 6.07 Å². The number of ether oxygens (including phenoxy) is 4. The fourth-order valence-electron chi connectivity index (χ4n) is 3.25. The maximum absolute atomic E-state index is 12.9. The number of hydrogen-bond acceptors (Lipinski definition) is 6. The van der Waals surface area contributed by atoms with Gasteiger partial charge in [-0.25, -0.2) is 0 Å². The number of aromatic nitrogens is 1. The van der Waals surface area contributed by atoms with E-state index in [2.05, 4.69) is 10.3 Å². The quantitative estimate of drug-likeness (QED) is 0.469. The lowest BCUT2D eigenvalue weighted by Crippen LogP contribution is -2.13. The van der Waals surface area contributed by atoms with Gasteiger partial charge >= 0.3 is 0 Å². The van der Waals surface area contributed by atoms with E-state index in [1.807, 2.05) is 38.1 Å². The number of carbonyl (C=O) groups excluding carboxylic acids is 1. The Morgan fingerprint density at radius 3 is 2.41 bits per heavy atom. The minimum atomic E-state index is -0.219. The first-order chi connectivity index (χ1) is 15.5. The number of anilines is 1. The molecule has 1 aromatic heterocycles. The topological polar surface area (TPSA) is 78.9 Å². The molecule has 168 valence electrons. The first kappa shape index (κ1) is 23.1. The highest BCUT2D eigenvalue weighted by atomic mass is 16.5. The number of aryl methyl sites for hydroxylation is 2. The molecule has 0 fully saturated rings. The van der Waals surface area contributed by atoms with Gasteiger partial charge in [0.1, 0.15) is 19.0 Å². The Balaban J connectivity index is 1.71. The van der Waals surface area contributed by atoms with Crippen molar-refractivity contribution in [2.24, 2.45) is 0 Å². The van der Waals surface area contributed by atoms with Crippen LogP contribution in [-0.2, 0) is 11.3 Å². The van der Waals surface area contributed by atoms with E-state index in [1.54, 1.807) is 44.8 Å². The van der Waals surface area contributed by atoms with Crippen molar-refractivity contribution in [2.75, 3.05) is 32.8 Å². The Morgan fingerprint density at radius 1 is 0.969 bits per heavy atom. The van der Waals surface area contributed by atoms with Crippen LogP contribution in [0.15, 0.2) is 54.9 Å². The average molecular weight is 437 g/mol. The number of carbonyl (C=O) groups is 1. The van der Waals surface area contributed by atoms with E-state index < -0.39 is 0 Å². The van der Waals surface area contributed by atoms with Crippen LogP contribution in [0.5, 0.6) is 17.2 Å².